The van der Waals surface area contributed by atoms with Gasteiger partial charge in [-0.05, 0) is 98.1 Å². The molecule has 2 bridgehead atoms. The van der Waals surface area contributed by atoms with E-state index in [1.165, 1.54) is 22.3 Å². The quantitative estimate of drug-likeness (QED) is 0.331. The number of nitrogens with zero attached hydrogens (tertiary/aromatic N) is 1. The van der Waals surface area contributed by atoms with E-state index in [1.54, 1.807) is 7.11 Å². The minimum absolute atomic E-state index is 0.278. The van der Waals surface area contributed by atoms with Crippen molar-refractivity contribution in [3.05, 3.63) is 161 Å². The summed E-state index contributed by atoms with van der Waals surface area (Å²) in [7, 11) is 1.77. The molecule has 0 N–H and O–H groups in total. The average Bonchev–Trinajstić information content (AvgIpc) is 3.38. The van der Waals surface area contributed by atoms with E-state index in [1.807, 2.05) is 6.08 Å². The molecule has 0 spiro atoms. The fourth-order valence-electron chi connectivity index (χ4n) is 5.79. The van der Waals surface area contributed by atoms with Crippen LogP contribution in [-0.4, -0.2) is 7.11 Å². The number of hydrogen-bond donors (Lipinski definition) is 0. The maximum Gasteiger partial charge on any atom is 0.125 e. The van der Waals surface area contributed by atoms with Crippen LogP contribution in [0, 0.1) is 12.8 Å². The summed E-state index contributed by atoms with van der Waals surface area (Å²) in [4.78, 5) is 2.39. The van der Waals surface area contributed by atoms with Crippen LogP contribution in [0.3, 0.4) is 0 Å². The minimum atomic E-state index is 0.278. The first kappa shape index (κ1) is 29.0. The Morgan fingerprint density at radius 1 is 0.952 bits per heavy atom. The van der Waals surface area contributed by atoms with E-state index in [-0.39, 0.29) is 5.92 Å². The van der Waals surface area contributed by atoms with E-state index in [0.717, 1.165) is 65.2 Å². The fraction of sp³-hybridized carbons (Fsp3) is 0.200. The summed E-state index contributed by atoms with van der Waals surface area (Å²) in [6, 6.07) is 13.3. The van der Waals surface area contributed by atoms with Gasteiger partial charge in [-0.1, -0.05) is 97.2 Å². The van der Waals surface area contributed by atoms with Crippen LogP contribution in [0.5, 0.6) is 0 Å². The predicted octanol–water partition coefficient (Wildman–Crippen LogP) is 11.0. The van der Waals surface area contributed by atoms with Crippen molar-refractivity contribution in [1.29, 1.82) is 0 Å². The smallest absolute Gasteiger partial charge is 0.125 e. The predicted molar refractivity (Wildman–Crippen MR) is 182 cm³/mol. The molecule has 0 aromatic heterocycles. The van der Waals surface area contributed by atoms with Crippen molar-refractivity contribution in [3.8, 4) is 0 Å². The number of allylic oxidation sites excluding steroid dienone is 14. The third kappa shape index (κ3) is 6.34. The van der Waals surface area contributed by atoms with Gasteiger partial charge in [0.1, 0.15) is 5.76 Å². The summed E-state index contributed by atoms with van der Waals surface area (Å²) in [5.74, 6) is 1.22. The maximum absolute atomic E-state index is 5.92. The van der Waals surface area contributed by atoms with E-state index in [4.69, 9.17) is 4.74 Å². The molecular weight excluding hydrogens is 510 g/mol. The van der Waals surface area contributed by atoms with Crippen LogP contribution >= 0.6 is 0 Å². The second-order valence-corrected chi connectivity index (χ2v) is 11.0. The first-order chi connectivity index (χ1) is 20.5. The van der Waals surface area contributed by atoms with Gasteiger partial charge in [-0.15, -0.1) is 6.58 Å². The van der Waals surface area contributed by atoms with Crippen LogP contribution < -0.4 is 4.90 Å². The highest BCUT2D eigenvalue weighted by Crippen LogP contribution is 2.40. The molecule has 2 aromatic carbocycles. The molecular formula is C40H41NO. The molecule has 3 aliphatic carbocycles. The number of benzene rings is 2. The lowest BCUT2D eigenvalue weighted by Crippen LogP contribution is -2.17. The van der Waals surface area contributed by atoms with Gasteiger partial charge in [0.2, 0.25) is 0 Å². The zero-order valence-electron chi connectivity index (χ0n) is 25.1. The standard InChI is InChI=1S/C40H41NO/c1-6-32-22-20-29(2)21-24-33-25-27-39(37(26-23-32)31(33)4)41(35-16-9-7-8-10-17-35)36-18-13-15-34(28-36)38-19-12-11-14-30(3)40(38)42-5/h6-7,9-18,21,23-28,32H,1-2,8,19-20,22H2,3-5H3/b24-21-,26-23-. The summed E-state index contributed by atoms with van der Waals surface area (Å²) in [5.41, 5.74) is 11.6. The Kier molecular flexibility index (Phi) is 9.24. The Labute approximate surface area is 252 Å². The molecule has 5 rings (SSSR count). The molecule has 1 unspecified atom stereocenters. The van der Waals surface area contributed by atoms with E-state index >= 15 is 0 Å². The zero-order valence-corrected chi connectivity index (χ0v) is 25.1. The van der Waals surface area contributed by atoms with Crippen molar-refractivity contribution in [3.63, 3.8) is 0 Å². The van der Waals surface area contributed by atoms with Crippen molar-refractivity contribution in [2.75, 3.05) is 12.0 Å². The number of ether oxygens (including phenoxy) is 1. The second-order valence-electron chi connectivity index (χ2n) is 11.0. The highest BCUT2D eigenvalue weighted by Gasteiger charge is 2.21. The first-order valence-electron chi connectivity index (χ1n) is 14.8. The lowest BCUT2D eigenvalue weighted by Gasteiger charge is -2.30. The Bertz CT molecular complexity index is 1610. The van der Waals surface area contributed by atoms with Gasteiger partial charge in [-0.2, -0.15) is 0 Å². The molecule has 0 heterocycles. The molecule has 0 amide bonds. The molecule has 212 valence electrons. The van der Waals surface area contributed by atoms with Crippen molar-refractivity contribution >= 4 is 29.1 Å². The molecule has 3 aliphatic rings. The van der Waals surface area contributed by atoms with E-state index < -0.39 is 0 Å². The van der Waals surface area contributed by atoms with Crippen molar-refractivity contribution in [2.24, 2.45) is 5.92 Å². The van der Waals surface area contributed by atoms with Gasteiger partial charge in [-0.25, -0.2) is 0 Å². The molecule has 0 saturated carbocycles. The number of hydrogen-bond acceptors (Lipinski definition) is 2. The highest BCUT2D eigenvalue weighted by atomic mass is 16.5. The lowest BCUT2D eigenvalue weighted by atomic mass is 9.95. The van der Waals surface area contributed by atoms with Crippen LogP contribution in [0.2, 0.25) is 0 Å². The average molecular weight is 552 g/mol. The Morgan fingerprint density at radius 3 is 2.64 bits per heavy atom. The first-order valence-corrected chi connectivity index (χ1v) is 14.8. The van der Waals surface area contributed by atoms with Gasteiger partial charge in [0.05, 0.1) is 12.8 Å². The summed E-state index contributed by atoms with van der Waals surface area (Å²) in [6.45, 7) is 12.7. The van der Waals surface area contributed by atoms with Crippen LogP contribution in [-0.2, 0) is 4.74 Å². The normalized spacial score (nSPS) is 20.1. The van der Waals surface area contributed by atoms with Crippen molar-refractivity contribution in [1.82, 2.24) is 0 Å². The topological polar surface area (TPSA) is 12.5 Å². The third-order valence-electron chi connectivity index (χ3n) is 8.20. The molecule has 42 heavy (non-hydrogen) atoms. The molecule has 0 fully saturated rings. The SMILES string of the molecule is C=CC1/C=C\c2c(N(C3=CC=CCC=C3)c3cccc(C4=C(OC)C(C)=CC=CC4)c3)ccc(c2C)/C=C\C(=C)CC1. The van der Waals surface area contributed by atoms with Gasteiger partial charge in [0.25, 0.3) is 0 Å². The Hall–Kier alpha value is -4.56. The largest absolute Gasteiger partial charge is 0.496 e. The van der Waals surface area contributed by atoms with Crippen LogP contribution in [0.15, 0.2) is 139 Å². The zero-order chi connectivity index (χ0) is 29.5. The van der Waals surface area contributed by atoms with Crippen LogP contribution in [0.25, 0.3) is 17.7 Å². The number of anilines is 2. The third-order valence-corrected chi connectivity index (χ3v) is 8.20. The molecule has 0 aliphatic heterocycles. The number of fused-ring (bicyclic) bond motifs is 2. The molecule has 1 atom stereocenters. The monoisotopic (exact) mass is 551 g/mol. The summed E-state index contributed by atoms with van der Waals surface area (Å²) in [6.07, 6.45) is 32.1. The van der Waals surface area contributed by atoms with E-state index in [2.05, 4.69) is 141 Å². The van der Waals surface area contributed by atoms with Gasteiger partial charge >= 0.3 is 0 Å². The van der Waals surface area contributed by atoms with Gasteiger partial charge < -0.3 is 9.64 Å². The number of methoxy groups -OCH3 is 1. The minimum Gasteiger partial charge on any atom is -0.496 e. The van der Waals surface area contributed by atoms with Crippen molar-refractivity contribution in [2.45, 2.75) is 39.5 Å². The van der Waals surface area contributed by atoms with Crippen LogP contribution in [0.4, 0.5) is 11.4 Å². The van der Waals surface area contributed by atoms with Crippen LogP contribution in [0.1, 0.15) is 54.9 Å². The molecule has 2 nitrogen and oxygen atoms in total. The molecule has 0 saturated heterocycles. The molecule has 2 aromatic rings. The lowest BCUT2D eigenvalue weighted by molar-refractivity contribution is 0.302. The summed E-state index contributed by atoms with van der Waals surface area (Å²) >= 11 is 0. The van der Waals surface area contributed by atoms with Gasteiger partial charge in [-0.3, -0.25) is 0 Å². The maximum atomic E-state index is 5.92. The fourth-order valence-corrected chi connectivity index (χ4v) is 5.79. The Morgan fingerprint density at radius 2 is 1.81 bits per heavy atom. The second kappa shape index (κ2) is 13.4. The summed E-state index contributed by atoms with van der Waals surface area (Å²) in [5, 5.41) is 0. The van der Waals surface area contributed by atoms with Gasteiger partial charge in [0.15, 0.2) is 0 Å². The summed E-state index contributed by atoms with van der Waals surface area (Å²) < 4.78 is 5.92. The van der Waals surface area contributed by atoms with Crippen molar-refractivity contribution < 1.29 is 4.74 Å². The van der Waals surface area contributed by atoms with E-state index in [9.17, 15) is 0 Å². The van der Waals surface area contributed by atoms with E-state index in [0.29, 0.717) is 0 Å². The van der Waals surface area contributed by atoms with Gasteiger partial charge in [0, 0.05) is 22.5 Å². The molecule has 2 heteroatoms. The molecule has 0 radical (unpaired) electrons. The Balaban J connectivity index is 1.73. The number of rotatable bonds is 6. The highest BCUT2D eigenvalue weighted by molar-refractivity contribution is 5.84.